The Balaban J connectivity index is 1.91. The number of amidine groups is 1. The second-order valence-electron chi connectivity index (χ2n) is 4.27. The second-order valence-corrected chi connectivity index (χ2v) is 4.27. The summed E-state index contributed by atoms with van der Waals surface area (Å²) in [5.41, 5.74) is 0.975. The summed E-state index contributed by atoms with van der Waals surface area (Å²) in [6, 6.07) is 9.85. The van der Waals surface area contributed by atoms with Crippen molar-refractivity contribution in [3.8, 4) is 0 Å². The van der Waals surface area contributed by atoms with Gasteiger partial charge in [0.25, 0.3) is 0 Å². The summed E-state index contributed by atoms with van der Waals surface area (Å²) in [5.74, 6) is 0.606. The topological polar surface area (TPSA) is 50.6 Å². The summed E-state index contributed by atoms with van der Waals surface area (Å²) in [7, 11) is 0. The summed E-state index contributed by atoms with van der Waals surface area (Å²) >= 11 is 0. The van der Waals surface area contributed by atoms with E-state index in [4.69, 9.17) is 10.5 Å². The van der Waals surface area contributed by atoms with E-state index in [0.717, 1.165) is 38.3 Å². The van der Waals surface area contributed by atoms with Gasteiger partial charge in [-0.15, -0.1) is 0 Å². The van der Waals surface area contributed by atoms with E-state index in [1.807, 2.05) is 30.3 Å². The number of nitrogens with zero attached hydrogens (tertiary/aromatic N) is 2. The lowest BCUT2D eigenvalue weighted by molar-refractivity contribution is 0.147. The van der Waals surface area contributed by atoms with Gasteiger partial charge < -0.3 is 10.0 Å². The molecule has 2 rings (SSSR count). The van der Waals surface area contributed by atoms with E-state index in [9.17, 15) is 0 Å². The maximum atomic E-state index is 8.87. The Bertz CT molecular complexity index is 358. The van der Waals surface area contributed by atoms with Crippen LogP contribution >= 0.6 is 0 Å². The Morgan fingerprint density at radius 2 is 1.76 bits per heavy atom. The molecule has 1 aromatic rings. The Hall–Kier alpha value is -1.39. The lowest BCUT2D eigenvalue weighted by Crippen LogP contribution is -2.49. The molecule has 2 N–H and O–H groups in total. The zero-order valence-corrected chi connectivity index (χ0v) is 9.97. The van der Waals surface area contributed by atoms with Crippen LogP contribution in [-0.4, -0.2) is 60.1 Å². The van der Waals surface area contributed by atoms with E-state index in [-0.39, 0.29) is 6.61 Å². The molecule has 1 aliphatic rings. The lowest BCUT2D eigenvalue weighted by Gasteiger charge is -2.35. The quantitative estimate of drug-likeness (QED) is 0.594. The number of piperazine rings is 1. The van der Waals surface area contributed by atoms with E-state index >= 15 is 0 Å². The minimum absolute atomic E-state index is 0.218. The fraction of sp³-hybridized carbons (Fsp3) is 0.462. The Morgan fingerprint density at radius 3 is 2.35 bits per heavy atom. The van der Waals surface area contributed by atoms with Crippen molar-refractivity contribution in [1.82, 2.24) is 9.80 Å². The van der Waals surface area contributed by atoms with Crippen LogP contribution in [0.1, 0.15) is 5.56 Å². The molecule has 0 unspecified atom stereocenters. The van der Waals surface area contributed by atoms with Crippen molar-refractivity contribution in [3.05, 3.63) is 35.9 Å². The van der Waals surface area contributed by atoms with Gasteiger partial charge in [0.15, 0.2) is 0 Å². The van der Waals surface area contributed by atoms with Crippen LogP contribution in [0.2, 0.25) is 0 Å². The zero-order valence-electron chi connectivity index (χ0n) is 9.97. The van der Waals surface area contributed by atoms with Crippen molar-refractivity contribution >= 4 is 5.84 Å². The highest BCUT2D eigenvalue weighted by atomic mass is 16.3. The number of benzene rings is 1. The minimum atomic E-state index is 0.218. The number of aliphatic hydroxyl groups is 1. The predicted octanol–water partition coefficient (Wildman–Crippen LogP) is 0.622. The lowest BCUT2D eigenvalue weighted by atomic mass is 10.1. The SMILES string of the molecule is N=C(c1ccccc1)N1CCN(CCO)CC1. The van der Waals surface area contributed by atoms with E-state index in [2.05, 4.69) is 9.80 Å². The first-order chi connectivity index (χ1) is 8.31. The van der Waals surface area contributed by atoms with Gasteiger partial charge in [-0.2, -0.15) is 0 Å². The predicted molar refractivity (Wildman–Crippen MR) is 68.4 cm³/mol. The molecule has 0 atom stereocenters. The van der Waals surface area contributed by atoms with Gasteiger partial charge >= 0.3 is 0 Å². The molecule has 0 amide bonds. The highest BCUT2D eigenvalue weighted by molar-refractivity contribution is 5.96. The molecule has 0 aromatic heterocycles. The number of rotatable bonds is 3. The highest BCUT2D eigenvalue weighted by Crippen LogP contribution is 2.08. The van der Waals surface area contributed by atoms with Crippen LogP contribution in [0.4, 0.5) is 0 Å². The Labute approximate surface area is 102 Å². The largest absolute Gasteiger partial charge is 0.395 e. The molecule has 0 saturated carbocycles. The molecule has 0 radical (unpaired) electrons. The molecule has 0 spiro atoms. The van der Waals surface area contributed by atoms with Gasteiger partial charge in [0.1, 0.15) is 5.84 Å². The van der Waals surface area contributed by atoms with Crippen LogP contribution in [-0.2, 0) is 0 Å². The average molecular weight is 233 g/mol. The summed E-state index contributed by atoms with van der Waals surface area (Å²) in [6.07, 6.45) is 0. The van der Waals surface area contributed by atoms with Crippen LogP contribution in [0.5, 0.6) is 0 Å². The highest BCUT2D eigenvalue weighted by Gasteiger charge is 2.18. The molecule has 17 heavy (non-hydrogen) atoms. The van der Waals surface area contributed by atoms with Gasteiger partial charge in [-0.1, -0.05) is 30.3 Å². The number of β-amino-alcohol motifs (C(OH)–C–C–N with tert-alkyl or cyclic N) is 1. The average Bonchev–Trinajstić information content (AvgIpc) is 2.40. The van der Waals surface area contributed by atoms with Gasteiger partial charge in [0.05, 0.1) is 6.61 Å². The molecule has 1 saturated heterocycles. The molecule has 1 aromatic carbocycles. The monoisotopic (exact) mass is 233 g/mol. The van der Waals surface area contributed by atoms with Gasteiger partial charge in [-0.05, 0) is 0 Å². The third-order valence-corrected chi connectivity index (χ3v) is 3.15. The van der Waals surface area contributed by atoms with Crippen molar-refractivity contribution in [3.63, 3.8) is 0 Å². The van der Waals surface area contributed by atoms with Crippen LogP contribution < -0.4 is 0 Å². The number of hydrogen-bond donors (Lipinski definition) is 2. The molecule has 92 valence electrons. The van der Waals surface area contributed by atoms with Crippen molar-refractivity contribution < 1.29 is 5.11 Å². The maximum absolute atomic E-state index is 8.87. The van der Waals surface area contributed by atoms with E-state index < -0.39 is 0 Å². The summed E-state index contributed by atoms with van der Waals surface area (Å²) < 4.78 is 0. The molecule has 1 aliphatic heterocycles. The van der Waals surface area contributed by atoms with E-state index in [1.54, 1.807) is 0 Å². The number of nitrogens with one attached hydrogen (secondary N) is 1. The van der Waals surface area contributed by atoms with Crippen molar-refractivity contribution in [2.45, 2.75) is 0 Å². The van der Waals surface area contributed by atoms with E-state index in [1.165, 1.54) is 0 Å². The zero-order chi connectivity index (χ0) is 12.1. The van der Waals surface area contributed by atoms with Gasteiger partial charge in [-0.3, -0.25) is 10.3 Å². The number of aliphatic hydroxyl groups excluding tert-OH is 1. The fourth-order valence-electron chi connectivity index (χ4n) is 2.12. The smallest absolute Gasteiger partial charge is 0.128 e. The van der Waals surface area contributed by atoms with Gasteiger partial charge in [0.2, 0.25) is 0 Å². The molecule has 4 heteroatoms. The maximum Gasteiger partial charge on any atom is 0.128 e. The van der Waals surface area contributed by atoms with Crippen LogP contribution in [0.25, 0.3) is 0 Å². The first-order valence-electron chi connectivity index (χ1n) is 6.03. The Morgan fingerprint density at radius 1 is 1.12 bits per heavy atom. The van der Waals surface area contributed by atoms with Gasteiger partial charge in [-0.25, -0.2) is 0 Å². The third-order valence-electron chi connectivity index (χ3n) is 3.15. The normalized spacial score (nSPS) is 17.1. The first-order valence-corrected chi connectivity index (χ1v) is 6.03. The molecular formula is C13H19N3O. The fourth-order valence-corrected chi connectivity index (χ4v) is 2.12. The number of hydrogen-bond acceptors (Lipinski definition) is 3. The Kier molecular flexibility index (Phi) is 4.12. The van der Waals surface area contributed by atoms with Gasteiger partial charge in [0, 0.05) is 38.3 Å². The minimum Gasteiger partial charge on any atom is -0.395 e. The third kappa shape index (κ3) is 3.05. The molecule has 4 nitrogen and oxygen atoms in total. The van der Waals surface area contributed by atoms with E-state index in [0.29, 0.717) is 5.84 Å². The molecule has 1 fully saturated rings. The molecule has 1 heterocycles. The van der Waals surface area contributed by atoms with Crippen LogP contribution in [0.3, 0.4) is 0 Å². The van der Waals surface area contributed by atoms with Crippen molar-refractivity contribution in [1.29, 1.82) is 5.41 Å². The molecular weight excluding hydrogens is 214 g/mol. The molecule has 0 bridgehead atoms. The summed E-state index contributed by atoms with van der Waals surface area (Å²) in [4.78, 5) is 4.33. The molecule has 0 aliphatic carbocycles. The van der Waals surface area contributed by atoms with Crippen LogP contribution in [0, 0.1) is 5.41 Å². The summed E-state index contributed by atoms with van der Waals surface area (Å²) in [5, 5.41) is 17.0. The first kappa shape index (κ1) is 12.1. The van der Waals surface area contributed by atoms with Crippen LogP contribution in [0.15, 0.2) is 30.3 Å². The van der Waals surface area contributed by atoms with Crippen molar-refractivity contribution in [2.24, 2.45) is 0 Å². The summed E-state index contributed by atoms with van der Waals surface area (Å²) in [6.45, 7) is 4.55. The van der Waals surface area contributed by atoms with Crippen molar-refractivity contribution in [2.75, 3.05) is 39.3 Å². The second kappa shape index (κ2) is 5.80. The standard InChI is InChI=1S/C13H19N3O/c14-13(12-4-2-1-3-5-12)16-8-6-15(7-9-16)10-11-17/h1-5,14,17H,6-11H2.